The molecule has 1 aromatic rings. The predicted molar refractivity (Wildman–Crippen MR) is 63.0 cm³/mol. The number of aromatic nitrogens is 2. The standard InChI is InChI=1S/C12H21N3O/c1-2-15-11(4-8-14-15)10-13-12(7-9-16)5-3-6-12/h4,8,13,16H,2-3,5-7,9-10H2,1H3. The number of hydrogen-bond donors (Lipinski definition) is 2. The lowest BCUT2D eigenvalue weighted by atomic mass is 9.74. The molecule has 1 saturated carbocycles. The molecule has 2 N–H and O–H groups in total. The summed E-state index contributed by atoms with van der Waals surface area (Å²) in [6.07, 6.45) is 6.37. The van der Waals surface area contributed by atoms with Crippen molar-refractivity contribution in [2.75, 3.05) is 6.61 Å². The van der Waals surface area contributed by atoms with Gasteiger partial charge in [-0.05, 0) is 38.7 Å². The molecule has 0 atom stereocenters. The summed E-state index contributed by atoms with van der Waals surface area (Å²) in [4.78, 5) is 0. The number of nitrogens with zero attached hydrogens (tertiary/aromatic N) is 2. The van der Waals surface area contributed by atoms with Crippen LogP contribution in [0, 0.1) is 0 Å². The molecule has 0 radical (unpaired) electrons. The van der Waals surface area contributed by atoms with E-state index in [0.717, 1.165) is 19.5 Å². The van der Waals surface area contributed by atoms with E-state index in [1.807, 2.05) is 10.9 Å². The third-order valence-electron chi connectivity index (χ3n) is 3.65. The lowest BCUT2D eigenvalue weighted by Gasteiger charge is -2.42. The Balaban J connectivity index is 1.91. The Kier molecular flexibility index (Phi) is 3.61. The van der Waals surface area contributed by atoms with Crippen LogP contribution in [-0.4, -0.2) is 27.0 Å². The van der Waals surface area contributed by atoms with E-state index in [-0.39, 0.29) is 12.1 Å². The molecule has 0 aliphatic heterocycles. The average Bonchev–Trinajstić information content (AvgIpc) is 2.69. The van der Waals surface area contributed by atoms with E-state index in [0.29, 0.717) is 0 Å². The SMILES string of the molecule is CCn1nccc1CNC1(CCO)CCC1. The Morgan fingerprint density at radius 2 is 2.38 bits per heavy atom. The summed E-state index contributed by atoms with van der Waals surface area (Å²) < 4.78 is 2.01. The van der Waals surface area contributed by atoms with Crippen molar-refractivity contribution in [2.45, 2.75) is 51.2 Å². The summed E-state index contributed by atoms with van der Waals surface area (Å²) >= 11 is 0. The summed E-state index contributed by atoms with van der Waals surface area (Å²) in [7, 11) is 0. The molecule has 0 aromatic carbocycles. The van der Waals surface area contributed by atoms with Gasteiger partial charge >= 0.3 is 0 Å². The summed E-state index contributed by atoms with van der Waals surface area (Å²) in [6.45, 7) is 4.15. The molecule has 1 aliphatic rings. The van der Waals surface area contributed by atoms with Crippen LogP contribution in [0.2, 0.25) is 0 Å². The maximum Gasteiger partial charge on any atom is 0.0522 e. The highest BCUT2D eigenvalue weighted by Gasteiger charge is 2.35. The number of aliphatic hydroxyl groups is 1. The predicted octanol–water partition coefficient (Wildman–Crippen LogP) is 1.30. The Morgan fingerprint density at radius 3 is 2.94 bits per heavy atom. The fourth-order valence-corrected chi connectivity index (χ4v) is 2.41. The minimum absolute atomic E-state index is 0.192. The van der Waals surface area contributed by atoms with Crippen molar-refractivity contribution in [3.05, 3.63) is 18.0 Å². The van der Waals surface area contributed by atoms with Gasteiger partial charge in [0, 0.05) is 31.4 Å². The first kappa shape index (κ1) is 11.6. The van der Waals surface area contributed by atoms with E-state index in [1.54, 1.807) is 0 Å². The lowest BCUT2D eigenvalue weighted by Crippen LogP contribution is -2.51. The van der Waals surface area contributed by atoms with E-state index in [1.165, 1.54) is 25.0 Å². The summed E-state index contributed by atoms with van der Waals surface area (Å²) in [5.74, 6) is 0. The zero-order valence-electron chi connectivity index (χ0n) is 9.95. The van der Waals surface area contributed by atoms with Gasteiger partial charge in [-0.25, -0.2) is 0 Å². The topological polar surface area (TPSA) is 50.1 Å². The summed E-state index contributed by atoms with van der Waals surface area (Å²) in [5, 5.41) is 16.9. The number of aliphatic hydroxyl groups excluding tert-OH is 1. The molecule has 0 saturated heterocycles. The van der Waals surface area contributed by atoms with Crippen molar-refractivity contribution in [3.63, 3.8) is 0 Å². The molecule has 16 heavy (non-hydrogen) atoms. The zero-order valence-corrected chi connectivity index (χ0v) is 9.95. The monoisotopic (exact) mass is 223 g/mol. The first-order valence-corrected chi connectivity index (χ1v) is 6.16. The number of aryl methyl sites for hydroxylation is 1. The van der Waals surface area contributed by atoms with Gasteiger partial charge in [-0.3, -0.25) is 4.68 Å². The molecule has 0 amide bonds. The smallest absolute Gasteiger partial charge is 0.0522 e. The fraction of sp³-hybridized carbons (Fsp3) is 0.750. The van der Waals surface area contributed by atoms with Crippen LogP contribution in [0.3, 0.4) is 0 Å². The molecule has 1 fully saturated rings. The highest BCUT2D eigenvalue weighted by molar-refractivity contribution is 5.03. The number of rotatable bonds is 6. The average molecular weight is 223 g/mol. The third kappa shape index (κ3) is 2.28. The van der Waals surface area contributed by atoms with Crippen LogP contribution >= 0.6 is 0 Å². The van der Waals surface area contributed by atoms with Crippen molar-refractivity contribution in [3.8, 4) is 0 Å². The first-order chi connectivity index (χ1) is 7.79. The molecule has 1 aliphatic carbocycles. The maximum absolute atomic E-state index is 9.07. The first-order valence-electron chi connectivity index (χ1n) is 6.16. The minimum atomic E-state index is 0.192. The molecule has 4 heteroatoms. The number of nitrogens with one attached hydrogen (secondary N) is 1. The lowest BCUT2D eigenvalue weighted by molar-refractivity contribution is 0.129. The van der Waals surface area contributed by atoms with Gasteiger partial charge in [-0.2, -0.15) is 5.10 Å². The largest absolute Gasteiger partial charge is 0.396 e. The number of hydrogen-bond acceptors (Lipinski definition) is 3. The molecule has 0 unspecified atom stereocenters. The van der Waals surface area contributed by atoms with E-state index in [2.05, 4.69) is 23.4 Å². The van der Waals surface area contributed by atoms with E-state index < -0.39 is 0 Å². The molecule has 0 spiro atoms. The van der Waals surface area contributed by atoms with Crippen LogP contribution < -0.4 is 5.32 Å². The molecule has 90 valence electrons. The van der Waals surface area contributed by atoms with Crippen molar-refractivity contribution in [1.82, 2.24) is 15.1 Å². The Bertz CT molecular complexity index is 331. The van der Waals surface area contributed by atoms with Crippen LogP contribution in [0.15, 0.2) is 12.3 Å². The molecule has 2 rings (SSSR count). The van der Waals surface area contributed by atoms with Crippen LogP contribution in [0.1, 0.15) is 38.3 Å². The third-order valence-corrected chi connectivity index (χ3v) is 3.65. The molecule has 1 heterocycles. The van der Waals surface area contributed by atoms with Crippen molar-refractivity contribution in [2.24, 2.45) is 0 Å². The van der Waals surface area contributed by atoms with E-state index in [4.69, 9.17) is 5.11 Å². The van der Waals surface area contributed by atoms with Crippen LogP contribution in [0.25, 0.3) is 0 Å². The fourth-order valence-electron chi connectivity index (χ4n) is 2.41. The zero-order chi connectivity index (χ0) is 11.4. The van der Waals surface area contributed by atoms with Gasteiger partial charge in [-0.15, -0.1) is 0 Å². The molecular weight excluding hydrogens is 202 g/mol. The Labute approximate surface area is 96.7 Å². The van der Waals surface area contributed by atoms with Gasteiger partial charge < -0.3 is 10.4 Å². The highest BCUT2D eigenvalue weighted by Crippen LogP contribution is 2.34. The van der Waals surface area contributed by atoms with E-state index >= 15 is 0 Å². The minimum Gasteiger partial charge on any atom is -0.396 e. The summed E-state index contributed by atoms with van der Waals surface area (Å²) in [6, 6.07) is 2.06. The highest BCUT2D eigenvalue weighted by atomic mass is 16.3. The molecule has 4 nitrogen and oxygen atoms in total. The van der Waals surface area contributed by atoms with Crippen molar-refractivity contribution < 1.29 is 5.11 Å². The molecular formula is C12H21N3O. The molecule has 0 bridgehead atoms. The van der Waals surface area contributed by atoms with E-state index in [9.17, 15) is 0 Å². The van der Waals surface area contributed by atoms with Gasteiger partial charge in [0.25, 0.3) is 0 Å². The second-order valence-electron chi connectivity index (χ2n) is 4.60. The second-order valence-corrected chi connectivity index (χ2v) is 4.60. The summed E-state index contributed by atoms with van der Waals surface area (Å²) in [5.41, 5.74) is 1.42. The quantitative estimate of drug-likeness (QED) is 0.764. The van der Waals surface area contributed by atoms with Crippen LogP contribution in [0.4, 0.5) is 0 Å². The Morgan fingerprint density at radius 1 is 1.56 bits per heavy atom. The maximum atomic E-state index is 9.07. The van der Waals surface area contributed by atoms with Gasteiger partial charge in [0.05, 0.1) is 5.69 Å². The van der Waals surface area contributed by atoms with Gasteiger partial charge in [0.2, 0.25) is 0 Å². The van der Waals surface area contributed by atoms with Crippen molar-refractivity contribution >= 4 is 0 Å². The van der Waals surface area contributed by atoms with Gasteiger partial charge in [0.15, 0.2) is 0 Å². The normalized spacial score (nSPS) is 18.4. The van der Waals surface area contributed by atoms with Gasteiger partial charge in [0.1, 0.15) is 0 Å². The second kappa shape index (κ2) is 4.97. The van der Waals surface area contributed by atoms with Gasteiger partial charge in [-0.1, -0.05) is 0 Å². The van der Waals surface area contributed by atoms with Crippen LogP contribution in [-0.2, 0) is 13.1 Å². The Hall–Kier alpha value is -0.870. The van der Waals surface area contributed by atoms with Crippen LogP contribution in [0.5, 0.6) is 0 Å². The molecule has 1 aromatic heterocycles. The van der Waals surface area contributed by atoms with Crippen molar-refractivity contribution in [1.29, 1.82) is 0 Å².